The molecule has 1 N–H and O–H groups in total. The number of rotatable bonds is 5. The fourth-order valence-electron chi connectivity index (χ4n) is 2.14. The monoisotopic (exact) mass is 359 g/mol. The van der Waals surface area contributed by atoms with E-state index < -0.39 is 0 Å². The molecule has 0 heterocycles. The fraction of sp³-hybridized carbons (Fsp3) is 0.167. The Balaban J connectivity index is 2.04. The van der Waals surface area contributed by atoms with Gasteiger partial charge in [0.05, 0.1) is 13.2 Å². The Bertz CT molecular complexity index is 682. The highest BCUT2D eigenvalue weighted by atomic mass is 79.9. The van der Waals surface area contributed by atoms with E-state index in [0.717, 1.165) is 21.3 Å². The lowest BCUT2D eigenvalue weighted by molar-refractivity contribution is -0.117. The number of hydrogen-bond acceptors (Lipinski definition) is 2. The lowest BCUT2D eigenvalue weighted by atomic mass is 10.1. The van der Waals surface area contributed by atoms with Gasteiger partial charge in [-0.3, -0.25) is 4.79 Å². The van der Waals surface area contributed by atoms with Crippen molar-refractivity contribution in [2.45, 2.75) is 13.0 Å². The van der Waals surface area contributed by atoms with E-state index in [2.05, 4.69) is 21.2 Å². The molecule has 1 atom stereocenters. The van der Waals surface area contributed by atoms with Gasteiger partial charge in [0.1, 0.15) is 5.75 Å². The highest BCUT2D eigenvalue weighted by molar-refractivity contribution is 9.10. The van der Waals surface area contributed by atoms with Crippen molar-refractivity contribution >= 4 is 27.9 Å². The van der Waals surface area contributed by atoms with Gasteiger partial charge in [0.2, 0.25) is 5.91 Å². The summed E-state index contributed by atoms with van der Waals surface area (Å²) in [7, 11) is 1.61. The number of nitrogens with one attached hydrogen (secondary N) is 1. The van der Waals surface area contributed by atoms with Gasteiger partial charge in [-0.25, -0.2) is 0 Å². The van der Waals surface area contributed by atoms with Crippen LogP contribution < -0.4 is 10.1 Å². The number of methoxy groups -OCH3 is 1. The normalized spacial score (nSPS) is 12.1. The first-order valence-corrected chi connectivity index (χ1v) is 7.77. The zero-order chi connectivity index (χ0) is 15.9. The van der Waals surface area contributed by atoms with Crippen LogP contribution >= 0.6 is 15.9 Å². The van der Waals surface area contributed by atoms with Crippen LogP contribution in [0.25, 0.3) is 6.08 Å². The molecular weight excluding hydrogens is 342 g/mol. The summed E-state index contributed by atoms with van der Waals surface area (Å²) >= 11 is 3.50. The molecule has 0 aromatic heterocycles. The molecule has 0 unspecified atom stereocenters. The molecule has 0 fully saturated rings. The number of amides is 1. The summed E-state index contributed by atoms with van der Waals surface area (Å²) in [6, 6.07) is 15.3. The minimum Gasteiger partial charge on any atom is -0.496 e. The summed E-state index contributed by atoms with van der Waals surface area (Å²) in [5.41, 5.74) is 1.91. The maximum absolute atomic E-state index is 12.1. The van der Waals surface area contributed by atoms with Crippen molar-refractivity contribution in [1.29, 1.82) is 0 Å². The summed E-state index contributed by atoms with van der Waals surface area (Å²) in [5, 5.41) is 2.95. The Hall–Kier alpha value is -2.07. The molecule has 4 heteroatoms. The summed E-state index contributed by atoms with van der Waals surface area (Å²) in [4.78, 5) is 12.1. The van der Waals surface area contributed by atoms with Crippen molar-refractivity contribution in [3.8, 4) is 5.75 Å². The lowest BCUT2D eigenvalue weighted by Gasteiger charge is -2.14. The minimum atomic E-state index is -0.144. The van der Waals surface area contributed by atoms with Crippen LogP contribution in [0.5, 0.6) is 5.75 Å². The summed E-state index contributed by atoms with van der Waals surface area (Å²) in [5.74, 6) is 0.597. The van der Waals surface area contributed by atoms with E-state index in [1.807, 2.05) is 55.5 Å². The third kappa shape index (κ3) is 4.21. The summed E-state index contributed by atoms with van der Waals surface area (Å²) in [6.07, 6.45) is 3.27. The molecule has 1 amide bonds. The molecule has 0 aliphatic carbocycles. The van der Waals surface area contributed by atoms with Crippen molar-refractivity contribution in [3.63, 3.8) is 0 Å². The van der Waals surface area contributed by atoms with E-state index >= 15 is 0 Å². The van der Waals surface area contributed by atoms with E-state index in [-0.39, 0.29) is 11.9 Å². The van der Waals surface area contributed by atoms with Crippen LogP contribution in [0.3, 0.4) is 0 Å². The van der Waals surface area contributed by atoms with Gasteiger partial charge < -0.3 is 10.1 Å². The summed E-state index contributed by atoms with van der Waals surface area (Å²) < 4.78 is 6.24. The Labute approximate surface area is 139 Å². The number of carbonyl (C=O) groups excluding carboxylic acids is 1. The van der Waals surface area contributed by atoms with E-state index in [0.29, 0.717) is 0 Å². The molecule has 3 nitrogen and oxygen atoms in total. The van der Waals surface area contributed by atoms with Crippen molar-refractivity contribution in [1.82, 2.24) is 5.32 Å². The van der Waals surface area contributed by atoms with E-state index in [9.17, 15) is 4.79 Å². The van der Waals surface area contributed by atoms with E-state index in [4.69, 9.17) is 4.74 Å². The van der Waals surface area contributed by atoms with Gasteiger partial charge in [-0.05, 0) is 30.7 Å². The smallest absolute Gasteiger partial charge is 0.244 e. The first-order chi connectivity index (χ1) is 10.6. The van der Waals surface area contributed by atoms with Crippen LogP contribution in [0.1, 0.15) is 24.1 Å². The number of ether oxygens (including phenoxy) is 1. The van der Waals surface area contributed by atoms with Crippen molar-refractivity contribution in [2.75, 3.05) is 7.11 Å². The maximum Gasteiger partial charge on any atom is 0.244 e. The van der Waals surface area contributed by atoms with Gasteiger partial charge in [-0.1, -0.05) is 52.3 Å². The van der Waals surface area contributed by atoms with Gasteiger partial charge in [0, 0.05) is 16.1 Å². The second-order valence-corrected chi connectivity index (χ2v) is 5.68. The predicted octanol–water partition coefficient (Wildman–Crippen LogP) is 4.35. The topological polar surface area (TPSA) is 38.3 Å². The van der Waals surface area contributed by atoms with Gasteiger partial charge >= 0.3 is 0 Å². The summed E-state index contributed by atoms with van der Waals surface area (Å²) in [6.45, 7) is 1.95. The van der Waals surface area contributed by atoms with Crippen LogP contribution in [0.4, 0.5) is 0 Å². The number of hydrogen-bond donors (Lipinski definition) is 1. The standard InChI is InChI=1S/C18H18BrNO2/c1-13(15-8-4-5-9-16(15)19)20-18(21)12-11-14-7-3-6-10-17(14)22-2/h3-13H,1-2H3,(H,20,21)/b12-11+/t13-/m0/s1. The molecule has 114 valence electrons. The number of para-hydroxylation sites is 1. The molecule has 2 aromatic carbocycles. The molecule has 2 aromatic rings. The first kappa shape index (κ1) is 16.3. The molecule has 0 aliphatic rings. The molecule has 0 radical (unpaired) electrons. The zero-order valence-corrected chi connectivity index (χ0v) is 14.1. The average molecular weight is 360 g/mol. The third-order valence-corrected chi connectivity index (χ3v) is 4.01. The van der Waals surface area contributed by atoms with E-state index in [1.165, 1.54) is 6.08 Å². The van der Waals surface area contributed by atoms with Gasteiger partial charge in [-0.15, -0.1) is 0 Å². The zero-order valence-electron chi connectivity index (χ0n) is 12.5. The molecular formula is C18H18BrNO2. The van der Waals surface area contributed by atoms with Crippen LogP contribution in [0.15, 0.2) is 59.1 Å². The Morgan fingerprint density at radius 2 is 1.86 bits per heavy atom. The minimum absolute atomic E-state index is 0.0783. The highest BCUT2D eigenvalue weighted by Crippen LogP contribution is 2.23. The van der Waals surface area contributed by atoms with Gasteiger partial charge in [-0.2, -0.15) is 0 Å². The van der Waals surface area contributed by atoms with Gasteiger partial charge in [0.25, 0.3) is 0 Å². The van der Waals surface area contributed by atoms with Crippen molar-refractivity contribution in [3.05, 3.63) is 70.2 Å². The Morgan fingerprint density at radius 3 is 2.59 bits per heavy atom. The van der Waals surface area contributed by atoms with Gasteiger partial charge in [0.15, 0.2) is 0 Å². The maximum atomic E-state index is 12.1. The van der Waals surface area contributed by atoms with Crippen LogP contribution in [-0.4, -0.2) is 13.0 Å². The second-order valence-electron chi connectivity index (χ2n) is 4.83. The predicted molar refractivity (Wildman–Crippen MR) is 92.7 cm³/mol. The van der Waals surface area contributed by atoms with Crippen molar-refractivity contribution in [2.24, 2.45) is 0 Å². The Morgan fingerprint density at radius 1 is 1.18 bits per heavy atom. The molecule has 2 rings (SSSR count). The number of carbonyl (C=O) groups is 1. The number of benzene rings is 2. The average Bonchev–Trinajstić information content (AvgIpc) is 2.53. The molecule has 0 aliphatic heterocycles. The van der Waals surface area contributed by atoms with Crippen molar-refractivity contribution < 1.29 is 9.53 Å². The lowest BCUT2D eigenvalue weighted by Crippen LogP contribution is -2.24. The molecule has 0 saturated heterocycles. The molecule has 0 bridgehead atoms. The molecule has 22 heavy (non-hydrogen) atoms. The second kappa shape index (κ2) is 7.80. The fourth-order valence-corrected chi connectivity index (χ4v) is 2.76. The largest absolute Gasteiger partial charge is 0.496 e. The number of halogens is 1. The SMILES string of the molecule is COc1ccccc1/C=C/C(=O)N[C@@H](C)c1ccccc1Br. The molecule has 0 saturated carbocycles. The quantitative estimate of drug-likeness (QED) is 0.806. The highest BCUT2D eigenvalue weighted by Gasteiger charge is 2.10. The first-order valence-electron chi connectivity index (χ1n) is 6.98. The third-order valence-electron chi connectivity index (χ3n) is 3.28. The van der Waals surface area contributed by atoms with Crippen LogP contribution in [-0.2, 0) is 4.79 Å². The van der Waals surface area contributed by atoms with Crippen LogP contribution in [0, 0.1) is 0 Å². The van der Waals surface area contributed by atoms with Crippen LogP contribution in [0.2, 0.25) is 0 Å². The Kier molecular flexibility index (Phi) is 5.78. The molecule has 0 spiro atoms. The van der Waals surface area contributed by atoms with E-state index in [1.54, 1.807) is 13.2 Å².